The second kappa shape index (κ2) is 5.02. The Bertz CT molecular complexity index is 574. The van der Waals surface area contributed by atoms with Crippen LogP contribution in [0.3, 0.4) is 0 Å². The van der Waals surface area contributed by atoms with Crippen molar-refractivity contribution in [1.29, 1.82) is 0 Å². The first kappa shape index (κ1) is 13.6. The van der Waals surface area contributed by atoms with Gasteiger partial charge in [0.2, 0.25) is 0 Å². The van der Waals surface area contributed by atoms with Gasteiger partial charge in [0.1, 0.15) is 17.2 Å². The summed E-state index contributed by atoms with van der Waals surface area (Å²) in [6.45, 7) is 3.63. The molecule has 0 saturated heterocycles. The van der Waals surface area contributed by atoms with Gasteiger partial charge >= 0.3 is 0 Å². The summed E-state index contributed by atoms with van der Waals surface area (Å²) in [6, 6.07) is 11.5. The van der Waals surface area contributed by atoms with Gasteiger partial charge in [0.05, 0.1) is 7.11 Å². The van der Waals surface area contributed by atoms with Gasteiger partial charge in [-0.05, 0) is 43.7 Å². The fraction of sp³-hybridized carbons (Fsp3) is 0.250. The van der Waals surface area contributed by atoms with Crippen LogP contribution in [0.4, 0.5) is 4.39 Å². The number of rotatable bonds is 3. The van der Waals surface area contributed by atoms with Gasteiger partial charge < -0.3 is 9.84 Å². The first-order valence-electron chi connectivity index (χ1n) is 6.08. The minimum Gasteiger partial charge on any atom is -0.496 e. The predicted molar refractivity (Wildman–Crippen MR) is 72.8 cm³/mol. The molecule has 0 heterocycles. The predicted octanol–water partition coefficient (Wildman–Crippen LogP) is 3.40. The molecule has 2 rings (SSSR count). The van der Waals surface area contributed by atoms with Crippen LogP contribution in [0.1, 0.15) is 23.6 Å². The fourth-order valence-electron chi connectivity index (χ4n) is 2.13. The Hall–Kier alpha value is -1.87. The molecule has 0 radical (unpaired) electrons. The van der Waals surface area contributed by atoms with Crippen LogP contribution in [0.5, 0.6) is 5.75 Å². The highest BCUT2D eigenvalue weighted by molar-refractivity contribution is 5.46. The molecular formula is C16H17FO2. The van der Waals surface area contributed by atoms with Crippen molar-refractivity contribution in [3.63, 3.8) is 0 Å². The third kappa shape index (κ3) is 2.61. The van der Waals surface area contributed by atoms with Crippen LogP contribution < -0.4 is 4.74 Å². The van der Waals surface area contributed by atoms with Gasteiger partial charge in [0.25, 0.3) is 0 Å². The normalized spacial score (nSPS) is 13.9. The standard InChI is InChI=1S/C16H17FO2/c1-11-4-9-15(19-3)14(10-11)16(2,18)12-5-7-13(17)8-6-12/h4-10,18H,1-3H3. The largest absolute Gasteiger partial charge is 0.496 e. The van der Waals surface area contributed by atoms with Gasteiger partial charge in [-0.15, -0.1) is 0 Å². The zero-order valence-electron chi connectivity index (χ0n) is 11.3. The summed E-state index contributed by atoms with van der Waals surface area (Å²) in [5, 5.41) is 10.8. The highest BCUT2D eigenvalue weighted by atomic mass is 19.1. The second-order valence-electron chi connectivity index (χ2n) is 4.78. The second-order valence-corrected chi connectivity index (χ2v) is 4.78. The maximum absolute atomic E-state index is 13.0. The van der Waals surface area contributed by atoms with E-state index in [1.54, 1.807) is 26.2 Å². The van der Waals surface area contributed by atoms with Crippen LogP contribution in [0, 0.1) is 12.7 Å². The van der Waals surface area contributed by atoms with Crippen LogP contribution >= 0.6 is 0 Å². The first-order chi connectivity index (χ1) is 8.95. The van der Waals surface area contributed by atoms with E-state index in [1.807, 2.05) is 25.1 Å². The molecule has 0 bridgehead atoms. The van der Waals surface area contributed by atoms with Gasteiger partial charge in [-0.3, -0.25) is 0 Å². The van der Waals surface area contributed by atoms with Crippen LogP contribution in [-0.2, 0) is 5.60 Å². The van der Waals surface area contributed by atoms with E-state index < -0.39 is 5.60 Å². The Labute approximate surface area is 112 Å². The van der Waals surface area contributed by atoms with Crippen LogP contribution in [0.2, 0.25) is 0 Å². The number of aliphatic hydroxyl groups is 1. The molecule has 2 aromatic carbocycles. The first-order valence-corrected chi connectivity index (χ1v) is 6.08. The summed E-state index contributed by atoms with van der Waals surface area (Å²) in [6.07, 6.45) is 0. The monoisotopic (exact) mass is 260 g/mol. The molecule has 2 nitrogen and oxygen atoms in total. The summed E-state index contributed by atoms with van der Waals surface area (Å²) in [7, 11) is 1.56. The average Bonchev–Trinajstić information content (AvgIpc) is 2.39. The Kier molecular flexibility index (Phi) is 3.58. The lowest BCUT2D eigenvalue weighted by atomic mass is 9.87. The fourth-order valence-corrected chi connectivity index (χ4v) is 2.13. The van der Waals surface area contributed by atoms with E-state index in [4.69, 9.17) is 4.74 Å². The van der Waals surface area contributed by atoms with E-state index in [1.165, 1.54) is 12.1 Å². The molecular weight excluding hydrogens is 243 g/mol. The van der Waals surface area contributed by atoms with Gasteiger partial charge in [-0.25, -0.2) is 4.39 Å². The Morgan fingerprint density at radius 2 is 1.74 bits per heavy atom. The average molecular weight is 260 g/mol. The highest BCUT2D eigenvalue weighted by Crippen LogP contribution is 2.35. The van der Waals surface area contributed by atoms with Crippen molar-refractivity contribution in [2.75, 3.05) is 7.11 Å². The summed E-state index contributed by atoms with van der Waals surface area (Å²) < 4.78 is 18.3. The Morgan fingerprint density at radius 3 is 2.32 bits per heavy atom. The zero-order valence-corrected chi connectivity index (χ0v) is 11.3. The highest BCUT2D eigenvalue weighted by Gasteiger charge is 2.29. The summed E-state index contributed by atoms with van der Waals surface area (Å²) in [5.41, 5.74) is 1.09. The lowest BCUT2D eigenvalue weighted by molar-refractivity contribution is 0.0988. The van der Waals surface area contributed by atoms with Crippen LogP contribution in [0.15, 0.2) is 42.5 Å². The summed E-state index contributed by atoms with van der Waals surface area (Å²) in [5.74, 6) is 0.288. The Morgan fingerprint density at radius 1 is 1.11 bits per heavy atom. The number of hydrogen-bond donors (Lipinski definition) is 1. The molecule has 100 valence electrons. The van der Waals surface area contributed by atoms with E-state index in [2.05, 4.69) is 0 Å². The smallest absolute Gasteiger partial charge is 0.125 e. The van der Waals surface area contributed by atoms with Crippen LogP contribution in [0.25, 0.3) is 0 Å². The van der Waals surface area contributed by atoms with Crippen molar-refractivity contribution in [2.45, 2.75) is 19.4 Å². The molecule has 2 aromatic rings. The molecule has 3 heteroatoms. The third-order valence-electron chi connectivity index (χ3n) is 3.29. The number of benzene rings is 2. The summed E-state index contributed by atoms with van der Waals surface area (Å²) >= 11 is 0. The maximum atomic E-state index is 13.0. The van der Waals surface area contributed by atoms with Gasteiger partial charge in [0.15, 0.2) is 0 Å². The van der Waals surface area contributed by atoms with E-state index in [9.17, 15) is 9.50 Å². The minimum atomic E-state index is -1.23. The molecule has 19 heavy (non-hydrogen) atoms. The number of methoxy groups -OCH3 is 1. The molecule has 0 amide bonds. The van der Waals surface area contributed by atoms with Gasteiger partial charge in [0, 0.05) is 5.56 Å². The van der Waals surface area contributed by atoms with Crippen molar-refractivity contribution in [1.82, 2.24) is 0 Å². The third-order valence-corrected chi connectivity index (χ3v) is 3.29. The molecule has 1 unspecified atom stereocenters. The maximum Gasteiger partial charge on any atom is 0.125 e. The number of hydrogen-bond acceptors (Lipinski definition) is 2. The van der Waals surface area contributed by atoms with E-state index in [-0.39, 0.29) is 5.82 Å². The number of aryl methyl sites for hydroxylation is 1. The van der Waals surface area contributed by atoms with E-state index in [0.717, 1.165) is 5.56 Å². The minimum absolute atomic E-state index is 0.323. The van der Waals surface area contributed by atoms with Crippen molar-refractivity contribution < 1.29 is 14.2 Å². The molecule has 0 aromatic heterocycles. The lowest BCUT2D eigenvalue weighted by Crippen LogP contribution is -2.23. The van der Waals surface area contributed by atoms with Gasteiger partial charge in [-0.1, -0.05) is 23.8 Å². The summed E-state index contributed by atoms with van der Waals surface area (Å²) in [4.78, 5) is 0. The number of ether oxygens (including phenoxy) is 1. The van der Waals surface area contributed by atoms with Crippen molar-refractivity contribution in [3.05, 3.63) is 65.0 Å². The SMILES string of the molecule is COc1ccc(C)cc1C(C)(O)c1ccc(F)cc1. The van der Waals surface area contributed by atoms with E-state index >= 15 is 0 Å². The van der Waals surface area contributed by atoms with Crippen molar-refractivity contribution >= 4 is 0 Å². The zero-order chi connectivity index (χ0) is 14.0. The number of halogens is 1. The Balaban J connectivity index is 2.55. The topological polar surface area (TPSA) is 29.5 Å². The van der Waals surface area contributed by atoms with Crippen molar-refractivity contribution in [2.24, 2.45) is 0 Å². The molecule has 0 aliphatic heterocycles. The van der Waals surface area contributed by atoms with Gasteiger partial charge in [-0.2, -0.15) is 0 Å². The molecule has 1 atom stereocenters. The molecule has 0 fully saturated rings. The molecule has 0 spiro atoms. The van der Waals surface area contributed by atoms with Crippen LogP contribution in [-0.4, -0.2) is 12.2 Å². The molecule has 1 N–H and O–H groups in total. The van der Waals surface area contributed by atoms with Crippen molar-refractivity contribution in [3.8, 4) is 5.75 Å². The molecule has 0 aliphatic rings. The van der Waals surface area contributed by atoms with E-state index in [0.29, 0.717) is 16.9 Å². The molecule has 0 aliphatic carbocycles. The lowest BCUT2D eigenvalue weighted by Gasteiger charge is -2.26. The molecule has 0 saturated carbocycles. The quantitative estimate of drug-likeness (QED) is 0.916.